The molecule has 0 saturated heterocycles. The first kappa shape index (κ1) is 16.7. The van der Waals surface area contributed by atoms with Gasteiger partial charge in [0.25, 0.3) is 0 Å². The van der Waals surface area contributed by atoms with Gasteiger partial charge in [0, 0.05) is 12.6 Å². The average molecular weight is 299 g/mol. The molecule has 1 rings (SSSR count). The highest BCUT2D eigenvalue weighted by atomic mass is 32.2. The summed E-state index contributed by atoms with van der Waals surface area (Å²) in [7, 11) is -1.65. The summed E-state index contributed by atoms with van der Waals surface area (Å²) in [5.74, 6) is 0.0827. The Morgan fingerprint density at radius 3 is 2.35 bits per heavy atom. The molecule has 112 valence electrons. The van der Waals surface area contributed by atoms with Crippen molar-refractivity contribution in [3.05, 3.63) is 35.4 Å². The molecule has 0 aliphatic heterocycles. The van der Waals surface area contributed by atoms with Crippen molar-refractivity contribution in [1.82, 2.24) is 4.31 Å². The van der Waals surface area contributed by atoms with E-state index in [0.29, 0.717) is 6.61 Å². The van der Waals surface area contributed by atoms with Crippen LogP contribution in [0.1, 0.15) is 25.0 Å². The third-order valence-electron chi connectivity index (χ3n) is 2.96. The zero-order valence-electron chi connectivity index (χ0n) is 12.5. The van der Waals surface area contributed by atoms with Gasteiger partial charge in [0.1, 0.15) is 6.54 Å². The van der Waals surface area contributed by atoms with E-state index in [2.05, 4.69) is 5.16 Å². The Morgan fingerprint density at radius 2 is 1.85 bits per heavy atom. The lowest BCUT2D eigenvalue weighted by Gasteiger charge is -2.14. The molecule has 0 aromatic heterocycles. The normalized spacial score (nSPS) is 12.8. The van der Waals surface area contributed by atoms with E-state index in [9.17, 15) is 8.42 Å². The fourth-order valence-corrected chi connectivity index (χ4v) is 2.40. The molecule has 1 aromatic carbocycles. The number of nitrogens with zero attached hydrogens (tertiary/aromatic N) is 1. The van der Waals surface area contributed by atoms with Crippen molar-refractivity contribution >= 4 is 15.7 Å². The van der Waals surface area contributed by atoms with E-state index in [4.69, 9.17) is 4.84 Å². The largest absolute Gasteiger partial charge is 0.279 e. The van der Waals surface area contributed by atoms with Crippen molar-refractivity contribution in [2.24, 2.45) is 0 Å². The van der Waals surface area contributed by atoms with Crippen molar-refractivity contribution in [2.75, 3.05) is 26.0 Å². The van der Waals surface area contributed by atoms with E-state index in [0.717, 1.165) is 16.8 Å². The second kappa shape index (κ2) is 7.40. The van der Waals surface area contributed by atoms with E-state index < -0.39 is 10.0 Å². The smallest absolute Gasteiger partial charge is 0.247 e. The molecule has 1 aromatic rings. The van der Waals surface area contributed by atoms with Crippen LogP contribution in [-0.2, 0) is 14.9 Å². The standard InChI is InChI=1S/C14H22N2O3S/c1-5-19-15-14(11-16(4)20(17,18)6-2)13-9-7-12(3)8-10-13/h7-10H,5-6,11H2,1-4H3/p+1/b15-14-. The first-order valence-electron chi connectivity index (χ1n) is 6.65. The summed E-state index contributed by atoms with van der Waals surface area (Å²) in [5, 5.41) is 2.84. The van der Waals surface area contributed by atoms with Gasteiger partial charge in [-0.1, -0.05) is 17.7 Å². The third kappa shape index (κ3) is 4.61. The van der Waals surface area contributed by atoms with E-state index in [1.54, 1.807) is 14.0 Å². The molecular formula is C14H23N2O3S+. The van der Waals surface area contributed by atoms with Crippen molar-refractivity contribution in [3.8, 4) is 0 Å². The van der Waals surface area contributed by atoms with E-state index in [1.807, 2.05) is 38.1 Å². The van der Waals surface area contributed by atoms with Crippen LogP contribution in [0.15, 0.2) is 24.3 Å². The first-order chi connectivity index (χ1) is 9.40. The Bertz CT molecular complexity index is 550. The van der Waals surface area contributed by atoms with Crippen LogP contribution in [0, 0.1) is 6.92 Å². The molecular weight excluding hydrogens is 276 g/mol. The molecule has 6 heteroatoms. The highest BCUT2D eigenvalue weighted by Crippen LogP contribution is 2.05. The summed E-state index contributed by atoms with van der Waals surface area (Å²) in [6.45, 7) is 6.26. The van der Waals surface area contributed by atoms with Gasteiger partial charge in [-0.15, -0.1) is 0 Å². The summed E-state index contributed by atoms with van der Waals surface area (Å²) in [6, 6.07) is 7.86. The van der Waals surface area contributed by atoms with Crippen LogP contribution in [0.4, 0.5) is 0 Å². The van der Waals surface area contributed by atoms with Crippen LogP contribution in [0.3, 0.4) is 0 Å². The molecule has 20 heavy (non-hydrogen) atoms. The fourth-order valence-electron chi connectivity index (χ4n) is 1.64. The molecule has 0 spiro atoms. The number of hydrogen-bond donors (Lipinski definition) is 1. The predicted molar refractivity (Wildman–Crippen MR) is 80.0 cm³/mol. The van der Waals surface area contributed by atoms with Crippen molar-refractivity contribution in [1.29, 1.82) is 0 Å². The Labute approximate surface area is 121 Å². The van der Waals surface area contributed by atoms with Crippen molar-refractivity contribution < 1.29 is 18.4 Å². The molecule has 0 aliphatic carbocycles. The highest BCUT2D eigenvalue weighted by Gasteiger charge is 2.22. The Kier molecular flexibility index (Phi) is 6.16. The zero-order chi connectivity index (χ0) is 15.2. The minimum Gasteiger partial charge on any atom is -0.279 e. The molecule has 0 heterocycles. The number of hydrogen-bond acceptors (Lipinski definition) is 3. The molecule has 5 nitrogen and oxygen atoms in total. The van der Waals surface area contributed by atoms with Gasteiger partial charge in [-0.05, 0) is 38.1 Å². The summed E-state index contributed by atoms with van der Waals surface area (Å²) in [6.07, 6.45) is 0. The Morgan fingerprint density at radius 1 is 1.25 bits per heavy atom. The van der Waals surface area contributed by atoms with Gasteiger partial charge in [-0.25, -0.2) is 8.42 Å². The van der Waals surface area contributed by atoms with Gasteiger partial charge in [0.2, 0.25) is 15.7 Å². The van der Waals surface area contributed by atoms with Crippen molar-refractivity contribution in [2.45, 2.75) is 20.8 Å². The lowest BCUT2D eigenvalue weighted by atomic mass is 10.1. The quantitative estimate of drug-likeness (QED) is 0.574. The van der Waals surface area contributed by atoms with Crippen LogP contribution in [0.2, 0.25) is 0 Å². The number of nitrogens with one attached hydrogen (secondary N) is 1. The number of rotatable bonds is 7. The second-order valence-electron chi connectivity index (χ2n) is 4.54. The molecule has 0 unspecified atom stereocenters. The number of aryl methyl sites for hydroxylation is 1. The Hall–Kier alpha value is -1.40. The molecule has 0 radical (unpaired) electrons. The van der Waals surface area contributed by atoms with Gasteiger partial charge in [0.05, 0.1) is 5.75 Å². The van der Waals surface area contributed by atoms with Crippen molar-refractivity contribution in [3.63, 3.8) is 0 Å². The molecule has 0 amide bonds. The summed E-state index contributed by atoms with van der Waals surface area (Å²) in [4.78, 5) is 5.22. The van der Waals surface area contributed by atoms with Crippen LogP contribution in [-0.4, -0.2) is 44.4 Å². The summed E-state index contributed by atoms with van der Waals surface area (Å²) >= 11 is 0. The SMILES string of the molecule is CCO/[NH+]=C(/CN(C)S(=O)(=O)CC)c1ccc(C)cc1. The van der Waals surface area contributed by atoms with Crippen LogP contribution in [0.25, 0.3) is 0 Å². The monoisotopic (exact) mass is 299 g/mol. The van der Waals surface area contributed by atoms with Gasteiger partial charge in [-0.2, -0.15) is 4.31 Å². The fraction of sp³-hybridized carbons (Fsp3) is 0.500. The molecule has 0 saturated carbocycles. The summed E-state index contributed by atoms with van der Waals surface area (Å²) < 4.78 is 25.0. The molecule has 0 fully saturated rings. The predicted octanol–water partition coefficient (Wildman–Crippen LogP) is 0.0977. The maximum atomic E-state index is 11.8. The van der Waals surface area contributed by atoms with Crippen LogP contribution in [0.5, 0.6) is 0 Å². The lowest BCUT2D eigenvalue weighted by molar-refractivity contribution is -0.752. The highest BCUT2D eigenvalue weighted by molar-refractivity contribution is 7.89. The minimum absolute atomic E-state index is 0.0827. The van der Waals surface area contributed by atoms with E-state index in [-0.39, 0.29) is 12.3 Å². The molecule has 1 N–H and O–H groups in total. The lowest BCUT2D eigenvalue weighted by Crippen LogP contribution is -2.74. The van der Waals surface area contributed by atoms with Gasteiger partial charge >= 0.3 is 0 Å². The maximum absolute atomic E-state index is 11.8. The second-order valence-corrected chi connectivity index (χ2v) is 6.90. The van der Waals surface area contributed by atoms with Crippen LogP contribution < -0.4 is 5.16 Å². The number of likely N-dealkylation sites (N-methyl/N-ethyl adjacent to an activating group) is 1. The average Bonchev–Trinajstić information content (AvgIpc) is 2.44. The van der Waals surface area contributed by atoms with Gasteiger partial charge in [0.15, 0.2) is 6.61 Å². The topological polar surface area (TPSA) is 60.6 Å². The van der Waals surface area contributed by atoms with Crippen LogP contribution >= 0.6 is 0 Å². The zero-order valence-corrected chi connectivity index (χ0v) is 13.3. The molecule has 0 aliphatic rings. The van der Waals surface area contributed by atoms with E-state index in [1.165, 1.54) is 4.31 Å². The summed E-state index contributed by atoms with van der Waals surface area (Å²) in [5.41, 5.74) is 2.80. The Balaban J connectivity index is 3.00. The number of benzene rings is 1. The van der Waals surface area contributed by atoms with E-state index >= 15 is 0 Å². The van der Waals surface area contributed by atoms with Gasteiger partial charge in [-0.3, -0.25) is 4.84 Å². The molecule has 0 atom stereocenters. The minimum atomic E-state index is -3.22. The van der Waals surface area contributed by atoms with Gasteiger partial charge < -0.3 is 0 Å². The first-order valence-corrected chi connectivity index (χ1v) is 8.26. The maximum Gasteiger partial charge on any atom is 0.247 e. The molecule has 0 bridgehead atoms. The third-order valence-corrected chi connectivity index (χ3v) is 4.77. The number of sulfonamides is 1.